The molecular weight excluding hydrogens is 396 g/mol. The van der Waals surface area contributed by atoms with E-state index in [1.165, 1.54) is 7.05 Å². The maximum Gasteiger partial charge on any atom is 0.240 e. The van der Waals surface area contributed by atoms with Crippen molar-refractivity contribution in [3.8, 4) is 17.2 Å². The summed E-state index contributed by atoms with van der Waals surface area (Å²) < 4.78 is 27.9. The molecule has 0 aliphatic heterocycles. The molecule has 0 amide bonds. The monoisotopic (exact) mass is 414 g/mol. The van der Waals surface area contributed by atoms with Gasteiger partial charge in [0.05, 0.1) is 27.7 Å². The van der Waals surface area contributed by atoms with Crippen molar-refractivity contribution in [2.75, 3.05) is 7.05 Å². The van der Waals surface area contributed by atoms with E-state index in [2.05, 4.69) is 15.9 Å². The lowest BCUT2D eigenvalue weighted by Gasteiger charge is -2.08. The third kappa shape index (κ3) is 3.80. The van der Waals surface area contributed by atoms with Gasteiger partial charge in [-0.05, 0) is 56.3 Å². The van der Waals surface area contributed by atoms with Crippen LogP contribution in [-0.2, 0) is 16.6 Å². The molecule has 1 aromatic heterocycles. The van der Waals surface area contributed by atoms with Gasteiger partial charge in [0.15, 0.2) is 0 Å². The second-order valence-electron chi connectivity index (χ2n) is 6.36. The van der Waals surface area contributed by atoms with Crippen LogP contribution in [0.25, 0.3) is 11.1 Å². The SMILES string of the molecule is CNS(=O)(=O)c1ccc(Cn2nc(C)c(-c3ccc(C#N)c(Cl)c3)c2C)cc1. The van der Waals surface area contributed by atoms with Gasteiger partial charge in [-0.2, -0.15) is 10.4 Å². The molecule has 0 saturated carbocycles. The molecule has 0 radical (unpaired) electrons. The van der Waals surface area contributed by atoms with Gasteiger partial charge in [0.2, 0.25) is 10.0 Å². The van der Waals surface area contributed by atoms with E-state index in [0.29, 0.717) is 17.1 Å². The van der Waals surface area contributed by atoms with E-state index in [1.807, 2.05) is 24.6 Å². The van der Waals surface area contributed by atoms with Gasteiger partial charge in [0.1, 0.15) is 6.07 Å². The predicted molar refractivity (Wildman–Crippen MR) is 109 cm³/mol. The van der Waals surface area contributed by atoms with Gasteiger partial charge in [0, 0.05) is 11.3 Å². The fraction of sp³-hybridized carbons (Fsp3) is 0.200. The van der Waals surface area contributed by atoms with Crippen molar-refractivity contribution in [1.29, 1.82) is 5.26 Å². The second-order valence-corrected chi connectivity index (χ2v) is 8.66. The summed E-state index contributed by atoms with van der Waals surface area (Å²) in [4.78, 5) is 0.222. The van der Waals surface area contributed by atoms with E-state index in [0.717, 1.165) is 28.1 Å². The quantitative estimate of drug-likeness (QED) is 0.690. The Labute approximate surface area is 169 Å². The van der Waals surface area contributed by atoms with Crippen LogP contribution in [-0.4, -0.2) is 25.2 Å². The van der Waals surface area contributed by atoms with Crippen LogP contribution in [0.2, 0.25) is 5.02 Å². The van der Waals surface area contributed by atoms with Gasteiger partial charge in [-0.3, -0.25) is 4.68 Å². The minimum Gasteiger partial charge on any atom is -0.265 e. The molecule has 0 saturated heterocycles. The Morgan fingerprint density at radius 3 is 2.43 bits per heavy atom. The normalized spacial score (nSPS) is 11.4. The standard InChI is InChI=1S/C20H19ClN4O2S/c1-13-20(16-6-7-17(11-22)19(21)10-16)14(2)25(24-13)12-15-4-8-18(9-5-15)28(26,27)23-3/h4-10,23H,12H2,1-3H3. The van der Waals surface area contributed by atoms with Crippen LogP contribution in [0.4, 0.5) is 0 Å². The molecule has 0 aliphatic carbocycles. The van der Waals surface area contributed by atoms with Crippen LogP contribution in [0.15, 0.2) is 47.4 Å². The largest absolute Gasteiger partial charge is 0.265 e. The zero-order chi connectivity index (χ0) is 20.5. The lowest BCUT2D eigenvalue weighted by molar-refractivity contribution is 0.588. The molecule has 28 heavy (non-hydrogen) atoms. The van der Waals surface area contributed by atoms with Crippen molar-refractivity contribution in [2.24, 2.45) is 0 Å². The van der Waals surface area contributed by atoms with E-state index in [9.17, 15) is 8.42 Å². The molecular formula is C20H19ClN4O2S. The number of benzene rings is 2. The lowest BCUT2D eigenvalue weighted by atomic mass is 10.0. The first-order valence-corrected chi connectivity index (χ1v) is 10.4. The number of sulfonamides is 1. The molecule has 3 aromatic rings. The molecule has 0 bridgehead atoms. The van der Waals surface area contributed by atoms with Crippen molar-refractivity contribution in [1.82, 2.24) is 14.5 Å². The minimum absolute atomic E-state index is 0.222. The number of aromatic nitrogens is 2. The number of hydrogen-bond donors (Lipinski definition) is 1. The molecule has 1 heterocycles. The van der Waals surface area contributed by atoms with Crippen LogP contribution < -0.4 is 4.72 Å². The van der Waals surface area contributed by atoms with Crippen LogP contribution in [0, 0.1) is 25.2 Å². The molecule has 0 spiro atoms. The van der Waals surface area contributed by atoms with Gasteiger partial charge in [-0.1, -0.05) is 29.8 Å². The highest BCUT2D eigenvalue weighted by Crippen LogP contribution is 2.30. The molecule has 0 atom stereocenters. The first-order valence-electron chi connectivity index (χ1n) is 8.53. The van der Waals surface area contributed by atoms with Crippen molar-refractivity contribution >= 4 is 21.6 Å². The summed E-state index contributed by atoms with van der Waals surface area (Å²) in [6.45, 7) is 4.41. The van der Waals surface area contributed by atoms with Crippen LogP contribution >= 0.6 is 11.6 Å². The summed E-state index contributed by atoms with van der Waals surface area (Å²) >= 11 is 6.18. The van der Waals surface area contributed by atoms with Crippen molar-refractivity contribution in [2.45, 2.75) is 25.3 Å². The molecule has 0 aliphatic rings. The maximum absolute atomic E-state index is 11.8. The Morgan fingerprint density at radius 1 is 1.18 bits per heavy atom. The van der Waals surface area contributed by atoms with Crippen LogP contribution in [0.1, 0.15) is 22.5 Å². The summed E-state index contributed by atoms with van der Waals surface area (Å²) in [7, 11) is -2.07. The Balaban J connectivity index is 1.92. The number of nitriles is 1. The predicted octanol–water partition coefficient (Wildman–Crippen LogP) is 3.65. The highest BCUT2D eigenvalue weighted by Gasteiger charge is 2.16. The van der Waals surface area contributed by atoms with Crippen LogP contribution in [0.3, 0.4) is 0 Å². The number of hydrogen-bond acceptors (Lipinski definition) is 4. The summed E-state index contributed by atoms with van der Waals surface area (Å²) in [5.74, 6) is 0. The van der Waals surface area contributed by atoms with Gasteiger partial charge >= 0.3 is 0 Å². The smallest absolute Gasteiger partial charge is 0.240 e. The Kier molecular flexibility index (Phi) is 5.57. The van der Waals surface area contributed by atoms with E-state index >= 15 is 0 Å². The summed E-state index contributed by atoms with van der Waals surface area (Å²) in [5.41, 5.74) is 5.06. The zero-order valence-electron chi connectivity index (χ0n) is 15.7. The zero-order valence-corrected chi connectivity index (χ0v) is 17.3. The average Bonchev–Trinajstić information content (AvgIpc) is 2.95. The number of aryl methyl sites for hydroxylation is 1. The Hall–Kier alpha value is -2.66. The number of rotatable bonds is 5. The molecule has 8 heteroatoms. The highest BCUT2D eigenvalue weighted by molar-refractivity contribution is 7.89. The summed E-state index contributed by atoms with van der Waals surface area (Å²) in [6.07, 6.45) is 0. The van der Waals surface area contributed by atoms with Crippen molar-refractivity contribution in [3.63, 3.8) is 0 Å². The number of halogens is 1. The molecule has 1 N–H and O–H groups in total. The van der Waals surface area contributed by atoms with Crippen molar-refractivity contribution < 1.29 is 8.42 Å². The molecule has 6 nitrogen and oxygen atoms in total. The third-order valence-electron chi connectivity index (χ3n) is 4.59. The molecule has 144 valence electrons. The molecule has 3 rings (SSSR count). The second kappa shape index (κ2) is 7.76. The average molecular weight is 415 g/mol. The Morgan fingerprint density at radius 2 is 1.86 bits per heavy atom. The maximum atomic E-state index is 11.8. The number of nitrogens with zero attached hydrogens (tertiary/aromatic N) is 3. The topological polar surface area (TPSA) is 87.8 Å². The van der Waals surface area contributed by atoms with E-state index in [4.69, 9.17) is 16.9 Å². The Bertz CT molecular complexity index is 1180. The molecule has 0 unspecified atom stereocenters. The third-order valence-corrected chi connectivity index (χ3v) is 6.34. The van der Waals surface area contributed by atoms with E-state index in [1.54, 1.807) is 36.4 Å². The minimum atomic E-state index is -3.45. The van der Waals surface area contributed by atoms with Gasteiger partial charge in [-0.25, -0.2) is 13.1 Å². The van der Waals surface area contributed by atoms with Crippen molar-refractivity contribution in [3.05, 3.63) is 70.0 Å². The summed E-state index contributed by atoms with van der Waals surface area (Å²) in [5, 5.41) is 14.1. The lowest BCUT2D eigenvalue weighted by Crippen LogP contribution is -2.18. The van der Waals surface area contributed by atoms with E-state index < -0.39 is 10.0 Å². The summed E-state index contributed by atoms with van der Waals surface area (Å²) in [6, 6.07) is 14.1. The number of nitrogens with one attached hydrogen (secondary N) is 1. The van der Waals surface area contributed by atoms with Gasteiger partial charge < -0.3 is 0 Å². The van der Waals surface area contributed by atoms with Crippen LogP contribution in [0.5, 0.6) is 0 Å². The molecule has 0 fully saturated rings. The highest BCUT2D eigenvalue weighted by atomic mass is 35.5. The molecule has 2 aromatic carbocycles. The van der Waals surface area contributed by atoms with Gasteiger partial charge in [0.25, 0.3) is 0 Å². The fourth-order valence-electron chi connectivity index (χ4n) is 3.09. The van der Waals surface area contributed by atoms with E-state index in [-0.39, 0.29) is 4.90 Å². The first-order chi connectivity index (χ1) is 13.3. The van der Waals surface area contributed by atoms with Gasteiger partial charge in [-0.15, -0.1) is 0 Å². The first kappa shape index (κ1) is 20.1. The fourth-order valence-corrected chi connectivity index (χ4v) is 4.05.